The van der Waals surface area contributed by atoms with Crippen LogP contribution in [-0.4, -0.2) is 23.0 Å². The first kappa shape index (κ1) is 13.6. The van der Waals surface area contributed by atoms with Crippen LogP contribution in [0.25, 0.3) is 0 Å². The largest absolute Gasteiger partial charge is 0.480 e. The van der Waals surface area contributed by atoms with Crippen molar-refractivity contribution in [3.63, 3.8) is 0 Å². The third-order valence-electron chi connectivity index (χ3n) is 2.90. The minimum Gasteiger partial charge on any atom is -0.480 e. The number of anilines is 1. The summed E-state index contributed by atoms with van der Waals surface area (Å²) >= 11 is 6.12. The molecule has 0 saturated heterocycles. The molecule has 1 atom stereocenters. The first-order valence-electron chi connectivity index (χ1n) is 5.93. The molecule has 2 rings (SSSR count). The molecule has 0 aliphatic heterocycles. The van der Waals surface area contributed by atoms with Gasteiger partial charge in [0.05, 0.1) is 25.0 Å². The van der Waals surface area contributed by atoms with Crippen LogP contribution in [-0.2, 0) is 5.54 Å². The number of halogens is 1. The Bertz CT molecular complexity index is 535. The molecule has 4 nitrogen and oxygen atoms in total. The van der Waals surface area contributed by atoms with Gasteiger partial charge < -0.3 is 10.1 Å². The monoisotopic (exact) mass is 277 g/mol. The second-order valence-corrected chi connectivity index (χ2v) is 4.67. The third kappa shape index (κ3) is 3.15. The van der Waals surface area contributed by atoms with E-state index in [1.807, 2.05) is 37.3 Å². The summed E-state index contributed by atoms with van der Waals surface area (Å²) in [6, 6.07) is 10.0. The van der Waals surface area contributed by atoms with E-state index >= 15 is 0 Å². The molecule has 19 heavy (non-hydrogen) atoms. The summed E-state index contributed by atoms with van der Waals surface area (Å²) in [5.41, 5.74) is 0.679. The van der Waals surface area contributed by atoms with Crippen LogP contribution < -0.4 is 10.1 Å². The topological polar surface area (TPSA) is 47.0 Å². The van der Waals surface area contributed by atoms with Crippen molar-refractivity contribution in [3.05, 3.63) is 48.3 Å². The third-order valence-corrected chi connectivity index (χ3v) is 3.44. The number of hydrogen-bond donors (Lipinski definition) is 1. The highest BCUT2D eigenvalue weighted by molar-refractivity contribution is 6.18. The molecule has 1 aromatic carbocycles. The fourth-order valence-electron chi connectivity index (χ4n) is 1.78. The van der Waals surface area contributed by atoms with E-state index < -0.39 is 5.54 Å². The molecule has 0 fully saturated rings. The van der Waals surface area contributed by atoms with Crippen LogP contribution in [0.3, 0.4) is 0 Å². The number of benzene rings is 1. The standard InChI is InChI=1S/C14H16ClN3O/c1-14(10-15,11-6-4-3-5-7-11)18-12-8-16-9-13(17-12)19-2/h3-9H,10H2,1-2H3,(H,17,18). The molecule has 5 heteroatoms. The molecular formula is C14H16ClN3O. The highest BCUT2D eigenvalue weighted by atomic mass is 35.5. The molecule has 0 aliphatic carbocycles. The summed E-state index contributed by atoms with van der Waals surface area (Å²) < 4.78 is 5.06. The van der Waals surface area contributed by atoms with E-state index in [-0.39, 0.29) is 0 Å². The molecule has 1 N–H and O–H groups in total. The van der Waals surface area contributed by atoms with Crippen LogP contribution in [0.2, 0.25) is 0 Å². The van der Waals surface area contributed by atoms with Crippen LogP contribution >= 0.6 is 11.6 Å². The Morgan fingerprint density at radius 1 is 1.26 bits per heavy atom. The highest BCUT2D eigenvalue weighted by Crippen LogP contribution is 2.26. The number of ether oxygens (including phenoxy) is 1. The van der Waals surface area contributed by atoms with E-state index in [0.29, 0.717) is 17.6 Å². The van der Waals surface area contributed by atoms with Gasteiger partial charge in [0.2, 0.25) is 5.88 Å². The molecule has 0 radical (unpaired) electrons. The molecule has 0 aliphatic rings. The molecular weight excluding hydrogens is 262 g/mol. The first-order valence-corrected chi connectivity index (χ1v) is 6.47. The van der Waals surface area contributed by atoms with E-state index in [0.717, 1.165) is 5.56 Å². The summed E-state index contributed by atoms with van der Waals surface area (Å²) in [6.07, 6.45) is 3.21. The van der Waals surface area contributed by atoms with Gasteiger partial charge in [-0.3, -0.25) is 4.98 Å². The van der Waals surface area contributed by atoms with Crippen LogP contribution in [0.5, 0.6) is 5.88 Å². The van der Waals surface area contributed by atoms with Gasteiger partial charge in [0.15, 0.2) is 0 Å². The van der Waals surface area contributed by atoms with Crippen molar-refractivity contribution in [3.8, 4) is 5.88 Å². The lowest BCUT2D eigenvalue weighted by Gasteiger charge is -2.29. The van der Waals surface area contributed by atoms with Crippen molar-refractivity contribution in [2.75, 3.05) is 18.3 Å². The zero-order valence-electron chi connectivity index (χ0n) is 10.9. The average Bonchev–Trinajstić information content (AvgIpc) is 2.48. The number of nitrogens with one attached hydrogen (secondary N) is 1. The number of methoxy groups -OCH3 is 1. The number of rotatable bonds is 5. The Kier molecular flexibility index (Phi) is 4.22. The highest BCUT2D eigenvalue weighted by Gasteiger charge is 2.25. The summed E-state index contributed by atoms with van der Waals surface area (Å²) in [5.74, 6) is 1.51. The second kappa shape index (κ2) is 5.89. The molecule has 0 spiro atoms. The quantitative estimate of drug-likeness (QED) is 0.854. The van der Waals surface area contributed by atoms with Gasteiger partial charge in [-0.15, -0.1) is 11.6 Å². The summed E-state index contributed by atoms with van der Waals surface area (Å²) in [4.78, 5) is 8.37. The summed E-state index contributed by atoms with van der Waals surface area (Å²) in [7, 11) is 1.56. The fraction of sp³-hybridized carbons (Fsp3) is 0.286. The Labute approximate surface area is 117 Å². The number of hydrogen-bond acceptors (Lipinski definition) is 4. The molecule has 1 heterocycles. The maximum Gasteiger partial charge on any atom is 0.233 e. The van der Waals surface area contributed by atoms with Crippen LogP contribution in [0.15, 0.2) is 42.7 Å². The van der Waals surface area contributed by atoms with Gasteiger partial charge in [-0.25, -0.2) is 0 Å². The van der Waals surface area contributed by atoms with E-state index in [1.165, 1.54) is 0 Å². The fourth-order valence-corrected chi connectivity index (χ4v) is 2.00. The minimum atomic E-state index is -0.413. The lowest BCUT2D eigenvalue weighted by Crippen LogP contribution is -2.34. The van der Waals surface area contributed by atoms with Gasteiger partial charge in [0, 0.05) is 5.88 Å². The maximum absolute atomic E-state index is 6.12. The molecule has 1 unspecified atom stereocenters. The van der Waals surface area contributed by atoms with E-state index in [9.17, 15) is 0 Å². The second-order valence-electron chi connectivity index (χ2n) is 4.40. The zero-order chi connectivity index (χ0) is 13.7. The normalized spacial score (nSPS) is 13.6. The average molecular weight is 278 g/mol. The van der Waals surface area contributed by atoms with E-state index in [1.54, 1.807) is 19.5 Å². The van der Waals surface area contributed by atoms with Gasteiger partial charge >= 0.3 is 0 Å². The molecule has 100 valence electrons. The summed E-state index contributed by atoms with van der Waals surface area (Å²) in [5, 5.41) is 3.31. The van der Waals surface area contributed by atoms with Crippen molar-refractivity contribution >= 4 is 17.4 Å². The lowest BCUT2D eigenvalue weighted by molar-refractivity contribution is 0.396. The van der Waals surface area contributed by atoms with Gasteiger partial charge in [0.25, 0.3) is 0 Å². The Balaban J connectivity index is 2.27. The smallest absolute Gasteiger partial charge is 0.233 e. The van der Waals surface area contributed by atoms with Crippen molar-refractivity contribution < 1.29 is 4.74 Å². The van der Waals surface area contributed by atoms with Gasteiger partial charge in [-0.1, -0.05) is 30.3 Å². The molecule has 0 amide bonds. The molecule has 0 saturated carbocycles. The summed E-state index contributed by atoms with van der Waals surface area (Å²) in [6.45, 7) is 2.02. The van der Waals surface area contributed by atoms with Crippen LogP contribution in [0.1, 0.15) is 12.5 Å². The molecule has 1 aromatic heterocycles. The SMILES string of the molecule is COc1cncc(NC(C)(CCl)c2ccccc2)n1. The number of nitrogens with zero attached hydrogens (tertiary/aromatic N) is 2. The van der Waals surface area contributed by atoms with Gasteiger partial charge in [-0.05, 0) is 12.5 Å². The Morgan fingerprint density at radius 3 is 2.63 bits per heavy atom. The Hall–Kier alpha value is -1.81. The van der Waals surface area contributed by atoms with Crippen molar-refractivity contribution in [2.24, 2.45) is 0 Å². The Morgan fingerprint density at radius 2 is 2.00 bits per heavy atom. The number of alkyl halides is 1. The van der Waals surface area contributed by atoms with Crippen molar-refractivity contribution in [1.29, 1.82) is 0 Å². The molecule has 0 bridgehead atoms. The first-order chi connectivity index (χ1) is 9.18. The predicted molar refractivity (Wildman–Crippen MR) is 76.7 cm³/mol. The van der Waals surface area contributed by atoms with Crippen LogP contribution in [0.4, 0.5) is 5.82 Å². The maximum atomic E-state index is 6.12. The zero-order valence-corrected chi connectivity index (χ0v) is 11.7. The van der Waals surface area contributed by atoms with Gasteiger partial charge in [-0.2, -0.15) is 4.98 Å². The molecule has 2 aromatic rings. The number of aromatic nitrogens is 2. The minimum absolute atomic E-state index is 0.413. The van der Waals surface area contributed by atoms with Crippen molar-refractivity contribution in [1.82, 2.24) is 9.97 Å². The van der Waals surface area contributed by atoms with E-state index in [2.05, 4.69) is 15.3 Å². The lowest BCUT2D eigenvalue weighted by atomic mass is 9.94. The predicted octanol–water partition coefficient (Wildman–Crippen LogP) is 3.05. The van der Waals surface area contributed by atoms with E-state index in [4.69, 9.17) is 16.3 Å². The van der Waals surface area contributed by atoms with Gasteiger partial charge in [0.1, 0.15) is 5.82 Å². The van der Waals surface area contributed by atoms with Crippen LogP contribution in [0, 0.1) is 0 Å². The van der Waals surface area contributed by atoms with Crippen molar-refractivity contribution in [2.45, 2.75) is 12.5 Å².